The van der Waals surface area contributed by atoms with Crippen molar-refractivity contribution >= 4 is 17.9 Å². The molecular formula is C13H23N3O5. The number of nitrogens with zero attached hydrogens (tertiary/aromatic N) is 1. The Bertz CT molecular complexity index is 360. The molecule has 0 aliphatic rings. The molecule has 0 bridgehead atoms. The molecule has 0 aliphatic carbocycles. The van der Waals surface area contributed by atoms with E-state index in [2.05, 4.69) is 21.9 Å². The van der Waals surface area contributed by atoms with Gasteiger partial charge in [-0.15, -0.1) is 6.58 Å². The van der Waals surface area contributed by atoms with Gasteiger partial charge in [0.15, 0.2) is 0 Å². The Morgan fingerprint density at radius 3 is 2.52 bits per heavy atom. The fraction of sp³-hybridized carbons (Fsp3) is 0.615. The molecule has 0 heterocycles. The second-order valence-corrected chi connectivity index (χ2v) is 4.14. The van der Waals surface area contributed by atoms with Crippen LogP contribution in [-0.2, 0) is 19.1 Å². The molecule has 120 valence electrons. The number of carbonyl (C=O) groups excluding carboxylic acids is 3. The molecule has 0 aromatic heterocycles. The van der Waals surface area contributed by atoms with Crippen molar-refractivity contribution in [3.05, 3.63) is 12.7 Å². The highest BCUT2D eigenvalue weighted by molar-refractivity contribution is 5.95. The van der Waals surface area contributed by atoms with E-state index in [9.17, 15) is 14.4 Å². The van der Waals surface area contributed by atoms with Gasteiger partial charge in [-0.25, -0.2) is 4.79 Å². The van der Waals surface area contributed by atoms with Crippen LogP contribution < -0.4 is 10.6 Å². The van der Waals surface area contributed by atoms with Gasteiger partial charge in [0.2, 0.25) is 5.91 Å². The van der Waals surface area contributed by atoms with E-state index in [4.69, 9.17) is 4.74 Å². The number of nitrogens with one attached hydrogen (secondary N) is 2. The normalized spacial score (nSPS) is 10.0. The molecule has 0 rings (SSSR count). The lowest BCUT2D eigenvalue weighted by molar-refractivity contribution is -0.141. The molecule has 0 unspecified atom stereocenters. The maximum atomic E-state index is 11.7. The van der Waals surface area contributed by atoms with Crippen molar-refractivity contribution in [1.82, 2.24) is 15.5 Å². The average Bonchev–Trinajstić information content (AvgIpc) is 2.47. The summed E-state index contributed by atoms with van der Waals surface area (Å²) in [4.78, 5) is 35.8. The van der Waals surface area contributed by atoms with Crippen LogP contribution in [-0.4, -0.2) is 69.8 Å². The van der Waals surface area contributed by atoms with Crippen LogP contribution >= 0.6 is 0 Å². The van der Waals surface area contributed by atoms with Gasteiger partial charge in [-0.05, 0) is 0 Å². The Kier molecular flexibility index (Phi) is 10.8. The van der Waals surface area contributed by atoms with Crippen LogP contribution in [0.4, 0.5) is 4.79 Å². The first-order chi connectivity index (χ1) is 10.0. The maximum Gasteiger partial charge on any atom is 0.321 e. The van der Waals surface area contributed by atoms with E-state index < -0.39 is 11.9 Å². The molecular weight excluding hydrogens is 278 g/mol. The molecule has 3 amide bonds. The van der Waals surface area contributed by atoms with Crippen LogP contribution in [0.25, 0.3) is 0 Å². The van der Waals surface area contributed by atoms with E-state index in [0.717, 1.165) is 0 Å². The number of imide groups is 1. The molecule has 0 aromatic carbocycles. The molecule has 2 N–H and O–H groups in total. The van der Waals surface area contributed by atoms with Crippen molar-refractivity contribution < 1.29 is 23.9 Å². The third-order valence-corrected chi connectivity index (χ3v) is 2.50. The van der Waals surface area contributed by atoms with Gasteiger partial charge in [0.1, 0.15) is 0 Å². The number of carbonyl (C=O) groups is 3. The monoisotopic (exact) mass is 301 g/mol. The smallest absolute Gasteiger partial charge is 0.321 e. The predicted molar refractivity (Wildman–Crippen MR) is 76.7 cm³/mol. The number of methoxy groups -OCH3 is 2. The summed E-state index contributed by atoms with van der Waals surface area (Å²) in [6.07, 6.45) is 1.67. The van der Waals surface area contributed by atoms with Gasteiger partial charge in [0.05, 0.1) is 26.7 Å². The van der Waals surface area contributed by atoms with Gasteiger partial charge in [-0.2, -0.15) is 0 Å². The predicted octanol–water partition coefficient (Wildman–Crippen LogP) is -0.490. The quantitative estimate of drug-likeness (QED) is 0.417. The largest absolute Gasteiger partial charge is 0.469 e. The first-order valence-electron chi connectivity index (χ1n) is 6.50. The molecule has 0 radical (unpaired) electrons. The van der Waals surface area contributed by atoms with Crippen molar-refractivity contribution in [2.24, 2.45) is 0 Å². The molecule has 21 heavy (non-hydrogen) atoms. The van der Waals surface area contributed by atoms with Gasteiger partial charge in [0, 0.05) is 26.7 Å². The van der Waals surface area contributed by atoms with Gasteiger partial charge in [-0.3, -0.25) is 19.8 Å². The van der Waals surface area contributed by atoms with Crippen molar-refractivity contribution in [3.8, 4) is 0 Å². The summed E-state index contributed by atoms with van der Waals surface area (Å²) in [6.45, 7) is 4.94. The van der Waals surface area contributed by atoms with E-state index in [1.807, 2.05) is 0 Å². The van der Waals surface area contributed by atoms with Crippen molar-refractivity contribution in [3.63, 3.8) is 0 Å². The van der Waals surface area contributed by atoms with Crippen molar-refractivity contribution in [1.29, 1.82) is 0 Å². The van der Waals surface area contributed by atoms with E-state index in [-0.39, 0.29) is 25.5 Å². The Morgan fingerprint density at radius 1 is 1.24 bits per heavy atom. The van der Waals surface area contributed by atoms with Crippen LogP contribution in [0, 0.1) is 0 Å². The number of hydrogen-bond donors (Lipinski definition) is 2. The van der Waals surface area contributed by atoms with Crippen LogP contribution in [0.15, 0.2) is 12.7 Å². The molecule has 0 atom stereocenters. The summed E-state index contributed by atoms with van der Waals surface area (Å²) < 4.78 is 9.49. The van der Waals surface area contributed by atoms with Crippen LogP contribution in [0.2, 0.25) is 0 Å². The molecule has 0 saturated carbocycles. The second-order valence-electron chi connectivity index (χ2n) is 4.14. The lowest BCUT2D eigenvalue weighted by atomic mass is 10.3. The minimum Gasteiger partial charge on any atom is -0.469 e. The van der Waals surface area contributed by atoms with Gasteiger partial charge in [0.25, 0.3) is 0 Å². The zero-order valence-corrected chi connectivity index (χ0v) is 12.5. The lowest BCUT2D eigenvalue weighted by Gasteiger charge is -2.20. The zero-order chi connectivity index (χ0) is 16.1. The lowest BCUT2D eigenvalue weighted by Crippen LogP contribution is -2.45. The van der Waals surface area contributed by atoms with E-state index >= 15 is 0 Å². The molecule has 0 saturated heterocycles. The summed E-state index contributed by atoms with van der Waals surface area (Å²) in [5.74, 6) is -0.820. The average molecular weight is 301 g/mol. The highest BCUT2D eigenvalue weighted by atomic mass is 16.5. The molecule has 8 heteroatoms. The number of hydrogen-bond acceptors (Lipinski definition) is 6. The molecule has 8 nitrogen and oxygen atoms in total. The summed E-state index contributed by atoms with van der Waals surface area (Å²) in [6, 6.07) is -0.584. The first kappa shape index (κ1) is 19.1. The summed E-state index contributed by atoms with van der Waals surface area (Å²) >= 11 is 0. The highest BCUT2D eigenvalue weighted by Gasteiger charge is 2.14. The molecule has 0 fully saturated rings. The summed E-state index contributed by atoms with van der Waals surface area (Å²) in [5, 5.41) is 4.62. The molecule has 0 aromatic rings. The van der Waals surface area contributed by atoms with Crippen LogP contribution in [0.1, 0.15) is 6.42 Å². The number of urea groups is 1. The topological polar surface area (TPSA) is 97.0 Å². The number of esters is 1. The SMILES string of the molecule is C=CCNC(=O)NC(=O)CN(CCOC)CCC(=O)OC. The Morgan fingerprint density at radius 2 is 1.95 bits per heavy atom. The number of amides is 3. The Hall–Kier alpha value is -1.93. The zero-order valence-electron chi connectivity index (χ0n) is 12.5. The Labute approximate surface area is 124 Å². The standard InChI is InChI=1S/C13H23N3O5/c1-4-6-14-13(19)15-11(17)10-16(8-9-20-2)7-5-12(18)21-3/h4H,1,5-10H2,2-3H3,(H2,14,15,17,19). The van der Waals surface area contributed by atoms with Gasteiger partial charge in [-0.1, -0.05) is 6.08 Å². The second kappa shape index (κ2) is 11.9. The third-order valence-electron chi connectivity index (χ3n) is 2.50. The fourth-order valence-corrected chi connectivity index (χ4v) is 1.42. The molecule has 0 spiro atoms. The first-order valence-corrected chi connectivity index (χ1v) is 6.50. The summed E-state index contributed by atoms with van der Waals surface area (Å²) in [7, 11) is 2.85. The third kappa shape index (κ3) is 10.5. The minimum atomic E-state index is -0.584. The maximum absolute atomic E-state index is 11.7. The van der Waals surface area contributed by atoms with E-state index in [1.165, 1.54) is 13.2 Å². The highest BCUT2D eigenvalue weighted by Crippen LogP contribution is 1.94. The van der Waals surface area contributed by atoms with Gasteiger partial charge >= 0.3 is 12.0 Å². The van der Waals surface area contributed by atoms with Crippen molar-refractivity contribution in [2.45, 2.75) is 6.42 Å². The number of rotatable bonds is 10. The van der Waals surface area contributed by atoms with Crippen molar-refractivity contribution in [2.75, 3.05) is 47.0 Å². The molecule has 0 aliphatic heterocycles. The fourth-order valence-electron chi connectivity index (χ4n) is 1.42. The summed E-state index contributed by atoms with van der Waals surface area (Å²) in [5.41, 5.74) is 0. The number of ether oxygens (including phenoxy) is 2. The van der Waals surface area contributed by atoms with E-state index in [0.29, 0.717) is 19.7 Å². The van der Waals surface area contributed by atoms with Gasteiger partial charge < -0.3 is 14.8 Å². The van der Waals surface area contributed by atoms with Crippen LogP contribution in [0.5, 0.6) is 0 Å². The van der Waals surface area contributed by atoms with E-state index in [1.54, 1.807) is 12.0 Å². The minimum absolute atomic E-state index is 0.0120. The van der Waals surface area contributed by atoms with Crippen LogP contribution in [0.3, 0.4) is 0 Å². The Balaban J connectivity index is 4.23.